The van der Waals surface area contributed by atoms with E-state index in [1.54, 1.807) is 0 Å². The average molecular weight is 302 g/mol. The van der Waals surface area contributed by atoms with Gasteiger partial charge in [-0.2, -0.15) is 0 Å². The lowest BCUT2D eigenvalue weighted by atomic mass is 9.98. The summed E-state index contributed by atoms with van der Waals surface area (Å²) in [5, 5.41) is 3.18. The fourth-order valence-corrected chi connectivity index (χ4v) is 3.25. The van der Waals surface area contributed by atoms with Gasteiger partial charge in [-0.15, -0.1) is 0 Å². The van der Waals surface area contributed by atoms with Gasteiger partial charge in [-0.05, 0) is 44.5 Å². The van der Waals surface area contributed by atoms with Crippen LogP contribution in [-0.2, 0) is 11.3 Å². The summed E-state index contributed by atoms with van der Waals surface area (Å²) in [5.41, 5.74) is 1.33. The van der Waals surface area contributed by atoms with Crippen LogP contribution in [0, 0.1) is 5.92 Å². The molecule has 0 saturated carbocycles. The van der Waals surface area contributed by atoms with Gasteiger partial charge in [0, 0.05) is 13.1 Å². The van der Waals surface area contributed by atoms with Gasteiger partial charge in [0.1, 0.15) is 6.54 Å². The zero-order valence-corrected chi connectivity index (χ0v) is 12.8. The van der Waals surface area contributed by atoms with Gasteiger partial charge in [0.2, 0.25) is 5.91 Å². The van der Waals surface area contributed by atoms with Gasteiger partial charge >= 0.3 is 5.69 Å². The van der Waals surface area contributed by atoms with E-state index >= 15 is 0 Å². The van der Waals surface area contributed by atoms with Crippen molar-refractivity contribution in [1.29, 1.82) is 0 Å². The highest BCUT2D eigenvalue weighted by molar-refractivity contribution is 5.80. The highest BCUT2D eigenvalue weighted by Gasteiger charge is 2.24. The Morgan fingerprint density at radius 1 is 1.41 bits per heavy atom. The van der Waals surface area contributed by atoms with Crippen molar-refractivity contribution in [3.8, 4) is 0 Å². The molecule has 1 fully saturated rings. The summed E-state index contributed by atoms with van der Waals surface area (Å²) in [6.07, 6.45) is 2.18. The molecule has 1 aromatic carbocycles. The molecule has 1 atom stereocenters. The van der Waals surface area contributed by atoms with E-state index in [1.165, 1.54) is 4.57 Å². The summed E-state index contributed by atoms with van der Waals surface area (Å²) in [5.74, 6) is 0.523. The lowest BCUT2D eigenvalue weighted by Gasteiger charge is -2.32. The molecule has 0 aliphatic carbocycles. The van der Waals surface area contributed by atoms with Crippen LogP contribution in [-0.4, -0.2) is 47.0 Å². The van der Waals surface area contributed by atoms with Crippen molar-refractivity contribution in [1.82, 2.24) is 19.8 Å². The summed E-state index contributed by atoms with van der Waals surface area (Å²) >= 11 is 0. The number of nitrogens with one attached hydrogen (secondary N) is 2. The number of para-hydroxylation sites is 2. The first kappa shape index (κ1) is 14.8. The van der Waals surface area contributed by atoms with Gasteiger partial charge in [0.05, 0.1) is 11.0 Å². The molecule has 6 nitrogen and oxygen atoms in total. The number of fused-ring (bicyclic) bond motifs is 1. The summed E-state index contributed by atoms with van der Waals surface area (Å²) in [7, 11) is 1.94. The second-order valence-electron chi connectivity index (χ2n) is 5.94. The number of aromatic nitrogens is 2. The molecule has 1 aliphatic heterocycles. The van der Waals surface area contributed by atoms with Crippen LogP contribution < -0.4 is 11.0 Å². The maximum Gasteiger partial charge on any atom is 0.326 e. The van der Waals surface area contributed by atoms with E-state index in [0.29, 0.717) is 5.92 Å². The van der Waals surface area contributed by atoms with E-state index in [0.717, 1.165) is 43.5 Å². The number of H-pyrrole nitrogens is 1. The minimum atomic E-state index is -0.224. The van der Waals surface area contributed by atoms with Crippen LogP contribution in [0.5, 0.6) is 0 Å². The Kier molecular flexibility index (Phi) is 4.29. The maximum atomic E-state index is 12.5. The highest BCUT2D eigenvalue weighted by atomic mass is 16.2. The summed E-state index contributed by atoms with van der Waals surface area (Å²) in [6, 6.07) is 7.46. The van der Waals surface area contributed by atoms with Crippen LogP contribution in [0.2, 0.25) is 0 Å². The Balaban J connectivity index is 1.75. The monoisotopic (exact) mass is 302 g/mol. The second-order valence-corrected chi connectivity index (χ2v) is 5.94. The number of benzene rings is 1. The van der Waals surface area contributed by atoms with Crippen LogP contribution >= 0.6 is 0 Å². The number of imidazole rings is 1. The summed E-state index contributed by atoms with van der Waals surface area (Å²) in [6.45, 7) is 2.60. The van der Waals surface area contributed by atoms with Gasteiger partial charge in [-0.25, -0.2) is 4.79 Å². The zero-order valence-electron chi connectivity index (χ0n) is 12.8. The zero-order chi connectivity index (χ0) is 15.5. The number of hydrogen-bond acceptors (Lipinski definition) is 3. The number of hydrogen-bond donors (Lipinski definition) is 2. The first-order valence-electron chi connectivity index (χ1n) is 7.79. The lowest BCUT2D eigenvalue weighted by Crippen LogP contribution is -2.44. The van der Waals surface area contributed by atoms with Crippen molar-refractivity contribution in [3.05, 3.63) is 34.7 Å². The molecule has 1 saturated heterocycles. The Labute approximate surface area is 129 Å². The third-order valence-electron chi connectivity index (χ3n) is 4.34. The van der Waals surface area contributed by atoms with Gasteiger partial charge in [0.25, 0.3) is 0 Å². The van der Waals surface area contributed by atoms with Crippen molar-refractivity contribution < 1.29 is 4.79 Å². The molecule has 1 aromatic heterocycles. The lowest BCUT2D eigenvalue weighted by molar-refractivity contribution is -0.133. The minimum absolute atomic E-state index is 0.0210. The third kappa shape index (κ3) is 2.92. The Morgan fingerprint density at radius 3 is 3.05 bits per heavy atom. The molecule has 2 heterocycles. The van der Waals surface area contributed by atoms with Crippen molar-refractivity contribution >= 4 is 16.9 Å². The second kappa shape index (κ2) is 6.36. The van der Waals surface area contributed by atoms with Crippen molar-refractivity contribution in [2.75, 3.05) is 26.7 Å². The Bertz CT molecular complexity index is 716. The molecule has 0 radical (unpaired) electrons. The molecule has 22 heavy (non-hydrogen) atoms. The number of carbonyl (C=O) groups excluding carboxylic acids is 1. The number of piperidine rings is 1. The normalized spacial score (nSPS) is 18.8. The fourth-order valence-electron chi connectivity index (χ4n) is 3.25. The Hall–Kier alpha value is -2.08. The quantitative estimate of drug-likeness (QED) is 0.877. The van der Waals surface area contributed by atoms with E-state index < -0.39 is 0 Å². The highest BCUT2D eigenvalue weighted by Crippen LogP contribution is 2.16. The van der Waals surface area contributed by atoms with Gasteiger partial charge < -0.3 is 15.2 Å². The van der Waals surface area contributed by atoms with Crippen molar-refractivity contribution in [2.24, 2.45) is 5.92 Å². The van der Waals surface area contributed by atoms with E-state index in [1.807, 2.05) is 36.2 Å². The number of amides is 1. The standard InChI is InChI=1S/C16H22N4O2/c1-17-9-12-5-4-8-19(10-12)15(21)11-20-14-7-3-2-6-13(14)18-16(20)22/h2-3,6-7,12,17H,4-5,8-11H2,1H3,(H,18,22)/t12-/m0/s1. The first-order valence-corrected chi connectivity index (χ1v) is 7.79. The summed E-state index contributed by atoms with van der Waals surface area (Å²) < 4.78 is 1.53. The fraction of sp³-hybridized carbons (Fsp3) is 0.500. The summed E-state index contributed by atoms with van der Waals surface area (Å²) in [4.78, 5) is 29.3. The number of nitrogens with zero attached hydrogens (tertiary/aromatic N) is 2. The molecule has 0 bridgehead atoms. The van der Waals surface area contributed by atoms with E-state index in [2.05, 4.69) is 10.3 Å². The number of rotatable bonds is 4. The molecule has 118 valence electrons. The van der Waals surface area contributed by atoms with Gasteiger partial charge in [-0.1, -0.05) is 12.1 Å². The molecule has 0 unspecified atom stereocenters. The largest absolute Gasteiger partial charge is 0.341 e. The smallest absolute Gasteiger partial charge is 0.326 e. The predicted octanol–water partition coefficient (Wildman–Crippen LogP) is 0.788. The van der Waals surface area contributed by atoms with Crippen molar-refractivity contribution in [2.45, 2.75) is 19.4 Å². The van der Waals surface area contributed by atoms with Crippen LogP contribution in [0.25, 0.3) is 11.0 Å². The van der Waals surface area contributed by atoms with Crippen LogP contribution in [0.1, 0.15) is 12.8 Å². The number of aromatic amines is 1. The average Bonchev–Trinajstić information content (AvgIpc) is 2.84. The predicted molar refractivity (Wildman–Crippen MR) is 85.8 cm³/mol. The molecular weight excluding hydrogens is 280 g/mol. The third-order valence-corrected chi connectivity index (χ3v) is 4.34. The molecule has 3 rings (SSSR count). The molecule has 6 heteroatoms. The molecule has 0 spiro atoms. The van der Waals surface area contributed by atoms with Crippen molar-refractivity contribution in [3.63, 3.8) is 0 Å². The number of carbonyl (C=O) groups is 1. The van der Waals surface area contributed by atoms with Gasteiger partial charge in [-0.3, -0.25) is 9.36 Å². The van der Waals surface area contributed by atoms with Crippen LogP contribution in [0.3, 0.4) is 0 Å². The van der Waals surface area contributed by atoms with Crippen LogP contribution in [0.4, 0.5) is 0 Å². The van der Waals surface area contributed by atoms with E-state index in [4.69, 9.17) is 0 Å². The first-order chi connectivity index (χ1) is 10.7. The Morgan fingerprint density at radius 2 is 2.23 bits per heavy atom. The van der Waals surface area contributed by atoms with Gasteiger partial charge in [0.15, 0.2) is 0 Å². The van der Waals surface area contributed by atoms with E-state index in [-0.39, 0.29) is 18.1 Å². The molecule has 2 aromatic rings. The topological polar surface area (TPSA) is 70.1 Å². The molecule has 1 amide bonds. The molecule has 2 N–H and O–H groups in total. The molecule has 1 aliphatic rings. The van der Waals surface area contributed by atoms with E-state index in [9.17, 15) is 9.59 Å². The minimum Gasteiger partial charge on any atom is -0.341 e. The maximum absolute atomic E-state index is 12.5. The number of likely N-dealkylation sites (tertiary alicyclic amines) is 1. The SMILES string of the molecule is CNC[C@@H]1CCCN(C(=O)Cn2c(=O)[nH]c3ccccc32)C1. The van der Waals surface area contributed by atoms with Crippen LogP contribution in [0.15, 0.2) is 29.1 Å². The molecular formula is C16H22N4O2.